The first-order valence-corrected chi connectivity index (χ1v) is 6.44. The van der Waals surface area contributed by atoms with Crippen LogP contribution in [0.15, 0.2) is 30.3 Å². The van der Waals surface area contributed by atoms with E-state index in [0.717, 1.165) is 12.8 Å². The Morgan fingerprint density at radius 3 is 2.61 bits per heavy atom. The number of carbonyl (C=O) groups excluding carboxylic acids is 1. The van der Waals surface area contributed by atoms with Crippen molar-refractivity contribution in [2.75, 3.05) is 7.11 Å². The largest absolute Gasteiger partial charge is 0.469 e. The van der Waals surface area contributed by atoms with Crippen LogP contribution in [0.25, 0.3) is 0 Å². The summed E-state index contributed by atoms with van der Waals surface area (Å²) in [7, 11) is 1.45. The second-order valence-corrected chi connectivity index (χ2v) is 4.96. The molecule has 0 N–H and O–H groups in total. The topological polar surface area (TPSA) is 35.5 Å². The first kappa shape index (κ1) is 13.1. The molecule has 3 heteroatoms. The molecule has 1 aliphatic rings. The molecule has 18 heavy (non-hydrogen) atoms. The van der Waals surface area contributed by atoms with Gasteiger partial charge in [0, 0.05) is 0 Å². The summed E-state index contributed by atoms with van der Waals surface area (Å²) in [4.78, 5) is 11.4. The van der Waals surface area contributed by atoms with Gasteiger partial charge in [0.05, 0.1) is 25.7 Å². The lowest BCUT2D eigenvalue weighted by Crippen LogP contribution is -2.38. The van der Waals surface area contributed by atoms with E-state index >= 15 is 0 Å². The molecule has 0 spiro atoms. The minimum atomic E-state index is -0.110. The van der Waals surface area contributed by atoms with Crippen LogP contribution in [0, 0.1) is 11.8 Å². The Morgan fingerprint density at radius 2 is 2.00 bits per heavy atom. The minimum Gasteiger partial charge on any atom is -0.469 e. The molecule has 1 fully saturated rings. The van der Waals surface area contributed by atoms with Crippen LogP contribution in [0.1, 0.15) is 25.3 Å². The van der Waals surface area contributed by atoms with Gasteiger partial charge in [0.1, 0.15) is 0 Å². The van der Waals surface area contributed by atoms with Crippen LogP contribution in [-0.4, -0.2) is 19.2 Å². The van der Waals surface area contributed by atoms with Crippen LogP contribution in [0.3, 0.4) is 0 Å². The van der Waals surface area contributed by atoms with Gasteiger partial charge >= 0.3 is 5.97 Å². The van der Waals surface area contributed by atoms with Crippen molar-refractivity contribution in [1.29, 1.82) is 0 Å². The third-order valence-electron chi connectivity index (χ3n) is 3.74. The molecule has 0 bridgehead atoms. The SMILES string of the molecule is COC(=O)C(C)C1CC(OCc2ccccc2)C1. The maximum atomic E-state index is 11.4. The van der Waals surface area contributed by atoms with Gasteiger partial charge in [-0.1, -0.05) is 37.3 Å². The molecule has 0 aliphatic heterocycles. The Balaban J connectivity index is 1.69. The zero-order valence-corrected chi connectivity index (χ0v) is 11.0. The van der Waals surface area contributed by atoms with Crippen molar-refractivity contribution in [3.63, 3.8) is 0 Å². The van der Waals surface area contributed by atoms with E-state index in [9.17, 15) is 4.79 Å². The Hall–Kier alpha value is -1.35. The lowest BCUT2D eigenvalue weighted by atomic mass is 9.74. The molecule has 0 amide bonds. The van der Waals surface area contributed by atoms with E-state index in [-0.39, 0.29) is 11.9 Å². The Morgan fingerprint density at radius 1 is 1.33 bits per heavy atom. The number of methoxy groups -OCH3 is 1. The fourth-order valence-corrected chi connectivity index (χ4v) is 2.32. The third-order valence-corrected chi connectivity index (χ3v) is 3.74. The number of esters is 1. The van der Waals surface area contributed by atoms with Crippen LogP contribution >= 0.6 is 0 Å². The quantitative estimate of drug-likeness (QED) is 0.752. The van der Waals surface area contributed by atoms with Crippen LogP contribution < -0.4 is 0 Å². The summed E-state index contributed by atoms with van der Waals surface area (Å²) in [6.45, 7) is 2.59. The summed E-state index contributed by atoms with van der Waals surface area (Å²) in [6, 6.07) is 10.2. The lowest BCUT2D eigenvalue weighted by molar-refractivity contribution is -0.151. The van der Waals surface area contributed by atoms with E-state index < -0.39 is 0 Å². The van der Waals surface area contributed by atoms with Crippen molar-refractivity contribution in [3.8, 4) is 0 Å². The average molecular weight is 248 g/mol. The summed E-state index contributed by atoms with van der Waals surface area (Å²) >= 11 is 0. The molecule has 98 valence electrons. The van der Waals surface area contributed by atoms with Crippen molar-refractivity contribution in [3.05, 3.63) is 35.9 Å². The summed E-state index contributed by atoms with van der Waals surface area (Å²) in [5.41, 5.74) is 1.20. The molecule has 0 radical (unpaired) electrons. The Kier molecular flexibility index (Phi) is 4.37. The molecule has 1 aromatic rings. The zero-order valence-electron chi connectivity index (χ0n) is 11.0. The van der Waals surface area contributed by atoms with Crippen LogP contribution in [0.4, 0.5) is 0 Å². The molecule has 0 saturated heterocycles. The average Bonchev–Trinajstić information content (AvgIpc) is 2.36. The first-order valence-electron chi connectivity index (χ1n) is 6.44. The highest BCUT2D eigenvalue weighted by atomic mass is 16.5. The van der Waals surface area contributed by atoms with Crippen molar-refractivity contribution in [2.24, 2.45) is 11.8 Å². The fraction of sp³-hybridized carbons (Fsp3) is 0.533. The maximum absolute atomic E-state index is 11.4. The molecule has 0 aromatic heterocycles. The van der Waals surface area contributed by atoms with Crippen molar-refractivity contribution < 1.29 is 14.3 Å². The third kappa shape index (κ3) is 3.10. The van der Waals surface area contributed by atoms with Gasteiger partial charge in [-0.25, -0.2) is 0 Å². The van der Waals surface area contributed by atoms with Crippen LogP contribution in [-0.2, 0) is 20.9 Å². The standard InChI is InChI=1S/C15H20O3/c1-11(15(16)17-2)13-8-14(9-13)18-10-12-6-4-3-5-7-12/h3-7,11,13-14H,8-10H2,1-2H3. The molecular weight excluding hydrogens is 228 g/mol. The summed E-state index contributed by atoms with van der Waals surface area (Å²) in [6.07, 6.45) is 2.22. The molecule has 1 aromatic carbocycles. The molecular formula is C15H20O3. The molecule has 1 unspecified atom stereocenters. The van der Waals surface area contributed by atoms with E-state index in [0.29, 0.717) is 18.6 Å². The fourth-order valence-electron chi connectivity index (χ4n) is 2.32. The summed E-state index contributed by atoms with van der Waals surface area (Å²) in [5, 5.41) is 0. The molecule has 1 atom stereocenters. The molecule has 2 rings (SSSR count). The van der Waals surface area contributed by atoms with E-state index in [2.05, 4.69) is 12.1 Å². The predicted octanol–water partition coefficient (Wildman–Crippen LogP) is 2.79. The van der Waals surface area contributed by atoms with Crippen LogP contribution in [0.2, 0.25) is 0 Å². The van der Waals surface area contributed by atoms with E-state index in [4.69, 9.17) is 9.47 Å². The monoisotopic (exact) mass is 248 g/mol. The molecule has 1 saturated carbocycles. The molecule has 1 aliphatic carbocycles. The summed E-state index contributed by atoms with van der Waals surface area (Å²) in [5.74, 6) is 0.298. The minimum absolute atomic E-state index is 0.00780. The molecule has 3 nitrogen and oxygen atoms in total. The number of hydrogen-bond donors (Lipinski definition) is 0. The van der Waals surface area contributed by atoms with Crippen molar-refractivity contribution in [1.82, 2.24) is 0 Å². The Labute approximate surface area is 108 Å². The number of rotatable bonds is 5. The normalized spacial score (nSPS) is 24.1. The van der Waals surface area contributed by atoms with E-state index in [1.54, 1.807) is 0 Å². The smallest absolute Gasteiger partial charge is 0.308 e. The van der Waals surface area contributed by atoms with Crippen LogP contribution in [0.5, 0.6) is 0 Å². The highest BCUT2D eigenvalue weighted by molar-refractivity contribution is 5.72. The van der Waals surface area contributed by atoms with Gasteiger partial charge in [-0.3, -0.25) is 4.79 Å². The van der Waals surface area contributed by atoms with Gasteiger partial charge in [0.25, 0.3) is 0 Å². The van der Waals surface area contributed by atoms with Gasteiger partial charge < -0.3 is 9.47 Å². The van der Waals surface area contributed by atoms with E-state index in [1.807, 2.05) is 25.1 Å². The summed E-state index contributed by atoms with van der Waals surface area (Å²) < 4.78 is 10.6. The maximum Gasteiger partial charge on any atom is 0.308 e. The number of hydrogen-bond acceptors (Lipinski definition) is 3. The van der Waals surface area contributed by atoms with Gasteiger partial charge in [0.2, 0.25) is 0 Å². The molecule has 0 heterocycles. The van der Waals surface area contributed by atoms with Gasteiger partial charge in [-0.2, -0.15) is 0 Å². The lowest BCUT2D eigenvalue weighted by Gasteiger charge is -2.37. The number of carbonyl (C=O) groups is 1. The van der Waals surface area contributed by atoms with Gasteiger partial charge in [0.15, 0.2) is 0 Å². The zero-order chi connectivity index (χ0) is 13.0. The van der Waals surface area contributed by atoms with Gasteiger partial charge in [-0.05, 0) is 24.3 Å². The van der Waals surface area contributed by atoms with Gasteiger partial charge in [-0.15, -0.1) is 0 Å². The number of benzene rings is 1. The number of ether oxygens (including phenoxy) is 2. The predicted molar refractivity (Wildman–Crippen MR) is 68.9 cm³/mol. The second-order valence-electron chi connectivity index (χ2n) is 4.96. The highest BCUT2D eigenvalue weighted by Gasteiger charge is 2.37. The van der Waals surface area contributed by atoms with Crippen molar-refractivity contribution >= 4 is 5.97 Å². The Bertz CT molecular complexity index is 382. The van der Waals surface area contributed by atoms with E-state index in [1.165, 1.54) is 12.7 Å². The first-order chi connectivity index (χ1) is 8.70. The second kappa shape index (κ2) is 6.01. The highest BCUT2D eigenvalue weighted by Crippen LogP contribution is 2.36. The van der Waals surface area contributed by atoms with Crippen molar-refractivity contribution in [2.45, 2.75) is 32.5 Å².